The zero-order valence-corrected chi connectivity index (χ0v) is 9.44. The molecule has 2 atom stereocenters. The number of aliphatic hydroxyl groups is 1. The predicted octanol–water partition coefficient (Wildman–Crippen LogP) is 2.20. The minimum absolute atomic E-state index is 0.0270. The summed E-state index contributed by atoms with van der Waals surface area (Å²) in [7, 11) is 1.88. The molecule has 1 aromatic carbocycles. The summed E-state index contributed by atoms with van der Waals surface area (Å²) in [5.41, 5.74) is 0.667. The van der Waals surface area contributed by atoms with Crippen LogP contribution in [0, 0.1) is 5.82 Å². The minimum Gasteiger partial charge on any atom is -0.392 e. The van der Waals surface area contributed by atoms with E-state index in [1.807, 2.05) is 24.9 Å². The summed E-state index contributed by atoms with van der Waals surface area (Å²) in [6.45, 7) is 4.20. The highest BCUT2D eigenvalue weighted by atomic mass is 19.1. The van der Waals surface area contributed by atoms with E-state index in [-0.39, 0.29) is 11.9 Å². The highest BCUT2D eigenvalue weighted by Crippen LogP contribution is 2.21. The molecule has 3 heteroatoms. The molecule has 1 N–H and O–H groups in total. The molecule has 15 heavy (non-hydrogen) atoms. The van der Waals surface area contributed by atoms with Crippen LogP contribution in [0.1, 0.15) is 25.5 Å². The van der Waals surface area contributed by atoms with Gasteiger partial charge in [-0.2, -0.15) is 0 Å². The third-order valence-electron chi connectivity index (χ3n) is 2.57. The summed E-state index contributed by atoms with van der Waals surface area (Å²) >= 11 is 0. The molecule has 2 nitrogen and oxygen atoms in total. The van der Waals surface area contributed by atoms with Crippen molar-refractivity contribution in [1.82, 2.24) is 4.90 Å². The predicted molar refractivity (Wildman–Crippen MR) is 59.1 cm³/mol. The maximum Gasteiger partial charge on any atom is 0.127 e. The van der Waals surface area contributed by atoms with E-state index in [9.17, 15) is 9.50 Å². The third kappa shape index (κ3) is 3.29. The van der Waals surface area contributed by atoms with Crippen molar-refractivity contribution in [2.45, 2.75) is 26.0 Å². The van der Waals surface area contributed by atoms with Crippen molar-refractivity contribution in [3.63, 3.8) is 0 Å². The normalized spacial score (nSPS) is 15.3. The van der Waals surface area contributed by atoms with Gasteiger partial charge < -0.3 is 5.11 Å². The zero-order valence-electron chi connectivity index (χ0n) is 9.44. The van der Waals surface area contributed by atoms with E-state index in [1.165, 1.54) is 6.07 Å². The van der Waals surface area contributed by atoms with Gasteiger partial charge in [0, 0.05) is 18.2 Å². The number of hydrogen-bond donors (Lipinski definition) is 1. The Hall–Kier alpha value is -0.930. The van der Waals surface area contributed by atoms with Crippen molar-refractivity contribution in [1.29, 1.82) is 0 Å². The first kappa shape index (κ1) is 12.1. The molecule has 84 valence electrons. The molecule has 0 heterocycles. The Bertz CT molecular complexity index is 314. The number of halogens is 1. The fourth-order valence-corrected chi connectivity index (χ4v) is 1.63. The Kier molecular flexibility index (Phi) is 4.24. The van der Waals surface area contributed by atoms with Crippen molar-refractivity contribution in [2.75, 3.05) is 13.6 Å². The second-order valence-corrected chi connectivity index (χ2v) is 3.99. The van der Waals surface area contributed by atoms with Crippen LogP contribution in [0.5, 0.6) is 0 Å². The average molecular weight is 211 g/mol. The first-order valence-electron chi connectivity index (χ1n) is 5.15. The van der Waals surface area contributed by atoms with E-state index in [4.69, 9.17) is 0 Å². The van der Waals surface area contributed by atoms with E-state index in [1.54, 1.807) is 19.1 Å². The van der Waals surface area contributed by atoms with Crippen LogP contribution in [-0.4, -0.2) is 29.7 Å². The molecule has 0 fully saturated rings. The Morgan fingerprint density at radius 3 is 2.47 bits per heavy atom. The molecule has 0 spiro atoms. The Labute approximate surface area is 90.3 Å². The second kappa shape index (κ2) is 5.24. The minimum atomic E-state index is -0.399. The van der Waals surface area contributed by atoms with E-state index >= 15 is 0 Å². The van der Waals surface area contributed by atoms with Gasteiger partial charge in [0.25, 0.3) is 0 Å². The van der Waals surface area contributed by atoms with Gasteiger partial charge in [-0.3, -0.25) is 4.90 Å². The van der Waals surface area contributed by atoms with E-state index in [0.717, 1.165) is 0 Å². The SMILES string of the molecule is CC(O)CN(C)C(C)c1ccccc1F. The molecule has 0 saturated heterocycles. The van der Waals surface area contributed by atoms with Crippen LogP contribution in [0.2, 0.25) is 0 Å². The average Bonchev–Trinajstić information content (AvgIpc) is 2.16. The summed E-state index contributed by atoms with van der Waals surface area (Å²) in [5.74, 6) is -0.192. The second-order valence-electron chi connectivity index (χ2n) is 3.99. The fraction of sp³-hybridized carbons (Fsp3) is 0.500. The van der Waals surface area contributed by atoms with Crippen LogP contribution in [-0.2, 0) is 0 Å². The van der Waals surface area contributed by atoms with Crippen LogP contribution >= 0.6 is 0 Å². The van der Waals surface area contributed by atoms with Crippen LogP contribution in [0.25, 0.3) is 0 Å². The molecule has 0 radical (unpaired) electrons. The highest BCUT2D eigenvalue weighted by molar-refractivity contribution is 5.20. The number of hydrogen-bond acceptors (Lipinski definition) is 2. The van der Waals surface area contributed by atoms with Gasteiger partial charge in [-0.05, 0) is 27.0 Å². The third-order valence-corrected chi connectivity index (χ3v) is 2.57. The van der Waals surface area contributed by atoms with Crippen LogP contribution in [0.3, 0.4) is 0 Å². The quantitative estimate of drug-likeness (QED) is 0.825. The lowest BCUT2D eigenvalue weighted by Gasteiger charge is -2.26. The summed E-state index contributed by atoms with van der Waals surface area (Å²) in [6, 6.07) is 6.71. The van der Waals surface area contributed by atoms with Gasteiger partial charge in [0.15, 0.2) is 0 Å². The van der Waals surface area contributed by atoms with Gasteiger partial charge in [0.1, 0.15) is 5.82 Å². The largest absolute Gasteiger partial charge is 0.392 e. The molecule has 1 aromatic rings. The van der Waals surface area contributed by atoms with Crippen LogP contribution < -0.4 is 0 Å². The number of rotatable bonds is 4. The van der Waals surface area contributed by atoms with E-state index in [0.29, 0.717) is 12.1 Å². The van der Waals surface area contributed by atoms with Crippen LogP contribution in [0.4, 0.5) is 4.39 Å². The molecule has 0 aromatic heterocycles. The highest BCUT2D eigenvalue weighted by Gasteiger charge is 2.15. The van der Waals surface area contributed by atoms with Crippen molar-refractivity contribution < 1.29 is 9.50 Å². The number of aliphatic hydroxyl groups excluding tert-OH is 1. The molecule has 0 bridgehead atoms. The first-order valence-corrected chi connectivity index (χ1v) is 5.15. The molecule has 0 aliphatic heterocycles. The van der Waals surface area contributed by atoms with Crippen molar-refractivity contribution in [3.05, 3.63) is 35.6 Å². The van der Waals surface area contributed by atoms with Gasteiger partial charge in [0.05, 0.1) is 6.10 Å². The zero-order chi connectivity index (χ0) is 11.4. The number of benzene rings is 1. The van der Waals surface area contributed by atoms with Gasteiger partial charge in [-0.15, -0.1) is 0 Å². The molecular formula is C12H18FNO. The molecule has 0 aliphatic rings. The van der Waals surface area contributed by atoms with Gasteiger partial charge in [-0.25, -0.2) is 4.39 Å². The topological polar surface area (TPSA) is 23.5 Å². The van der Waals surface area contributed by atoms with Crippen LogP contribution in [0.15, 0.2) is 24.3 Å². The standard InChI is InChI=1S/C12H18FNO/c1-9(15)8-14(3)10(2)11-6-4-5-7-12(11)13/h4-7,9-10,15H,8H2,1-3H3. The maximum atomic E-state index is 13.4. The number of likely N-dealkylation sites (N-methyl/N-ethyl adjacent to an activating group) is 1. The summed E-state index contributed by atoms with van der Waals surface area (Å²) in [4.78, 5) is 1.93. The molecule has 0 saturated carbocycles. The van der Waals surface area contributed by atoms with E-state index in [2.05, 4.69) is 0 Å². The molecule has 0 aliphatic carbocycles. The summed E-state index contributed by atoms with van der Waals surface area (Å²) in [6.07, 6.45) is -0.399. The monoisotopic (exact) mass is 211 g/mol. The Balaban J connectivity index is 2.76. The maximum absolute atomic E-state index is 13.4. The first-order chi connectivity index (χ1) is 7.02. The van der Waals surface area contributed by atoms with Crippen molar-refractivity contribution in [3.8, 4) is 0 Å². The Morgan fingerprint density at radius 1 is 1.33 bits per heavy atom. The van der Waals surface area contributed by atoms with Crippen molar-refractivity contribution in [2.24, 2.45) is 0 Å². The van der Waals surface area contributed by atoms with Gasteiger partial charge in [-0.1, -0.05) is 18.2 Å². The summed E-state index contributed by atoms with van der Waals surface area (Å²) in [5, 5.41) is 9.25. The number of nitrogens with zero attached hydrogens (tertiary/aromatic N) is 1. The molecule has 2 unspecified atom stereocenters. The van der Waals surface area contributed by atoms with Gasteiger partial charge in [0.2, 0.25) is 0 Å². The lowest BCUT2D eigenvalue weighted by atomic mass is 10.1. The van der Waals surface area contributed by atoms with E-state index < -0.39 is 6.10 Å². The van der Waals surface area contributed by atoms with Crippen molar-refractivity contribution >= 4 is 0 Å². The Morgan fingerprint density at radius 2 is 1.93 bits per heavy atom. The summed E-state index contributed by atoms with van der Waals surface area (Å²) < 4.78 is 13.4. The fourth-order valence-electron chi connectivity index (χ4n) is 1.63. The molecular weight excluding hydrogens is 193 g/mol. The molecule has 0 amide bonds. The van der Waals surface area contributed by atoms with Gasteiger partial charge >= 0.3 is 0 Å². The smallest absolute Gasteiger partial charge is 0.127 e. The lowest BCUT2D eigenvalue weighted by Crippen LogP contribution is -2.30. The molecule has 1 rings (SSSR count). The lowest BCUT2D eigenvalue weighted by molar-refractivity contribution is 0.120.